The molecule has 0 fully saturated rings. The minimum atomic E-state index is -1.08. The molecular weight excluding hydrogens is 294 g/mol. The topological polar surface area (TPSA) is 84.3 Å². The number of anilines is 1. The minimum absolute atomic E-state index is 0.0694. The van der Waals surface area contributed by atoms with Crippen molar-refractivity contribution in [2.45, 2.75) is 25.4 Å². The Hall–Kier alpha value is -2.47. The molecule has 1 aromatic heterocycles. The average molecular weight is 313 g/mol. The summed E-state index contributed by atoms with van der Waals surface area (Å²) >= 11 is 0. The number of fused-ring (bicyclic) bond motifs is 1. The summed E-state index contributed by atoms with van der Waals surface area (Å²) in [5, 5.41) is 12.1. The third kappa shape index (κ3) is 3.03. The van der Waals surface area contributed by atoms with Crippen molar-refractivity contribution in [3.63, 3.8) is 0 Å². The summed E-state index contributed by atoms with van der Waals surface area (Å²) in [6.07, 6.45) is 4.43. The summed E-state index contributed by atoms with van der Waals surface area (Å²) in [6.45, 7) is 3.35. The molecule has 0 amide bonds. The number of rotatable bonds is 5. The first-order valence-electron chi connectivity index (χ1n) is 7.66. The Morgan fingerprint density at radius 2 is 2.17 bits per heavy atom. The van der Waals surface area contributed by atoms with Crippen LogP contribution in [0, 0.1) is 0 Å². The number of hydrogen-bond acceptors (Lipinski definition) is 5. The van der Waals surface area contributed by atoms with E-state index in [1.807, 2.05) is 12.1 Å². The van der Waals surface area contributed by atoms with Crippen LogP contribution >= 0.6 is 0 Å². The van der Waals surface area contributed by atoms with Gasteiger partial charge in [0, 0.05) is 6.54 Å². The van der Waals surface area contributed by atoms with E-state index in [-0.39, 0.29) is 5.69 Å². The van der Waals surface area contributed by atoms with Crippen molar-refractivity contribution in [2.75, 3.05) is 18.5 Å². The van der Waals surface area contributed by atoms with Gasteiger partial charge in [-0.2, -0.15) is 0 Å². The summed E-state index contributed by atoms with van der Waals surface area (Å²) in [4.78, 5) is 18.8. The first-order valence-corrected chi connectivity index (χ1v) is 7.66. The van der Waals surface area contributed by atoms with Gasteiger partial charge in [-0.1, -0.05) is 31.2 Å². The Morgan fingerprint density at radius 1 is 1.35 bits per heavy atom. The fraction of sp³-hybridized carbons (Fsp3) is 0.353. The highest BCUT2D eigenvalue weighted by molar-refractivity contribution is 5.84. The number of carbonyl (C=O) groups is 1. The van der Waals surface area contributed by atoms with Crippen LogP contribution in [0.4, 0.5) is 5.82 Å². The molecular formula is C17H19N3O3. The van der Waals surface area contributed by atoms with Crippen molar-refractivity contribution < 1.29 is 14.6 Å². The van der Waals surface area contributed by atoms with Crippen LogP contribution in [0.3, 0.4) is 0 Å². The normalized spacial score (nSPS) is 19.9. The van der Waals surface area contributed by atoms with Crippen molar-refractivity contribution in [3.05, 3.63) is 53.5 Å². The van der Waals surface area contributed by atoms with Crippen LogP contribution in [-0.2, 0) is 16.8 Å². The molecule has 1 atom stereocenters. The number of hydrogen-bond donors (Lipinski definition) is 2. The van der Waals surface area contributed by atoms with E-state index in [4.69, 9.17) is 9.84 Å². The van der Waals surface area contributed by atoms with Gasteiger partial charge in [-0.05, 0) is 24.0 Å². The molecule has 0 saturated heterocycles. The Morgan fingerprint density at radius 3 is 2.87 bits per heavy atom. The maximum atomic E-state index is 10.8. The smallest absolute Gasteiger partial charge is 0.356 e. The van der Waals surface area contributed by atoms with E-state index in [1.165, 1.54) is 23.5 Å². The van der Waals surface area contributed by atoms with E-state index in [0.29, 0.717) is 19.0 Å². The number of aromatic nitrogens is 2. The van der Waals surface area contributed by atoms with Crippen LogP contribution in [0.1, 0.15) is 35.0 Å². The number of carboxylic acids is 1. The number of ether oxygens (including phenoxy) is 1. The van der Waals surface area contributed by atoms with Gasteiger partial charge in [-0.25, -0.2) is 14.8 Å². The van der Waals surface area contributed by atoms with Crippen molar-refractivity contribution in [1.29, 1.82) is 0 Å². The first-order chi connectivity index (χ1) is 11.1. The predicted molar refractivity (Wildman–Crippen MR) is 85.5 cm³/mol. The molecule has 1 aliphatic heterocycles. The Bertz CT molecular complexity index is 702. The molecule has 1 aromatic carbocycles. The van der Waals surface area contributed by atoms with Gasteiger partial charge in [0.1, 0.15) is 11.4 Å². The van der Waals surface area contributed by atoms with Crippen molar-refractivity contribution in [3.8, 4) is 0 Å². The van der Waals surface area contributed by atoms with Crippen molar-refractivity contribution in [2.24, 2.45) is 0 Å². The summed E-state index contributed by atoms with van der Waals surface area (Å²) < 4.78 is 6.12. The molecule has 0 radical (unpaired) electrons. The molecule has 1 aliphatic rings. The highest BCUT2D eigenvalue weighted by atomic mass is 16.5. The lowest BCUT2D eigenvalue weighted by molar-refractivity contribution is -0.0532. The predicted octanol–water partition coefficient (Wildman–Crippen LogP) is 2.46. The highest BCUT2D eigenvalue weighted by Gasteiger charge is 2.36. The summed E-state index contributed by atoms with van der Waals surface area (Å²) in [5.41, 5.74) is 2.05. The summed E-state index contributed by atoms with van der Waals surface area (Å²) in [5.74, 6) is -0.548. The Balaban J connectivity index is 1.79. The number of nitrogens with zero attached hydrogens (tertiary/aromatic N) is 2. The summed E-state index contributed by atoms with van der Waals surface area (Å²) in [6, 6.07) is 8.33. The molecule has 1 unspecified atom stereocenters. The van der Waals surface area contributed by atoms with E-state index in [0.717, 1.165) is 12.8 Å². The van der Waals surface area contributed by atoms with Gasteiger partial charge in [0.2, 0.25) is 0 Å². The average Bonchev–Trinajstić information content (AvgIpc) is 2.60. The van der Waals surface area contributed by atoms with Gasteiger partial charge in [-0.3, -0.25) is 0 Å². The largest absolute Gasteiger partial charge is 0.476 e. The van der Waals surface area contributed by atoms with Gasteiger partial charge in [0.15, 0.2) is 5.69 Å². The lowest BCUT2D eigenvalue weighted by atomic mass is 9.84. The van der Waals surface area contributed by atoms with Gasteiger partial charge in [0.25, 0.3) is 0 Å². The SMILES string of the molecule is CCC1(CNc2cnc(C(=O)O)cn2)OCCc2ccccc21. The van der Waals surface area contributed by atoms with Gasteiger partial charge >= 0.3 is 5.97 Å². The molecule has 6 nitrogen and oxygen atoms in total. The summed E-state index contributed by atoms with van der Waals surface area (Å²) in [7, 11) is 0. The molecule has 0 aliphatic carbocycles. The number of carboxylic acid groups (broad SMARTS) is 1. The lowest BCUT2D eigenvalue weighted by Crippen LogP contribution is -2.41. The second-order valence-electron chi connectivity index (χ2n) is 5.55. The van der Waals surface area contributed by atoms with Crippen LogP contribution in [-0.4, -0.2) is 34.2 Å². The fourth-order valence-corrected chi connectivity index (χ4v) is 2.94. The standard InChI is InChI=1S/C17H19N3O3/c1-2-17(13-6-4-3-5-12(13)7-8-23-17)11-20-15-10-18-14(9-19-15)16(21)22/h3-6,9-10H,2,7-8,11H2,1H3,(H,19,20)(H,21,22). The molecule has 0 bridgehead atoms. The molecule has 23 heavy (non-hydrogen) atoms. The van der Waals surface area contributed by atoms with Crippen molar-refractivity contribution >= 4 is 11.8 Å². The molecule has 0 spiro atoms. The van der Waals surface area contributed by atoms with Crippen LogP contribution in [0.15, 0.2) is 36.7 Å². The van der Waals surface area contributed by atoms with E-state index in [2.05, 4.69) is 34.3 Å². The number of benzene rings is 1. The van der Waals surface area contributed by atoms with Crippen LogP contribution < -0.4 is 5.32 Å². The number of nitrogens with one attached hydrogen (secondary N) is 1. The second-order valence-corrected chi connectivity index (χ2v) is 5.55. The minimum Gasteiger partial charge on any atom is -0.476 e. The molecule has 2 N–H and O–H groups in total. The second kappa shape index (κ2) is 6.34. The Kier molecular flexibility index (Phi) is 4.25. The van der Waals surface area contributed by atoms with E-state index >= 15 is 0 Å². The Labute approximate surface area is 134 Å². The monoisotopic (exact) mass is 313 g/mol. The quantitative estimate of drug-likeness (QED) is 0.882. The number of aromatic carboxylic acids is 1. The van der Waals surface area contributed by atoms with Gasteiger partial charge in [0.05, 0.1) is 19.0 Å². The van der Waals surface area contributed by atoms with E-state index in [1.54, 1.807) is 0 Å². The molecule has 6 heteroatoms. The van der Waals surface area contributed by atoms with Crippen LogP contribution in [0.25, 0.3) is 0 Å². The lowest BCUT2D eigenvalue weighted by Gasteiger charge is -2.38. The molecule has 2 heterocycles. The highest BCUT2D eigenvalue weighted by Crippen LogP contribution is 2.36. The third-order valence-electron chi connectivity index (χ3n) is 4.26. The zero-order valence-corrected chi connectivity index (χ0v) is 13.0. The maximum Gasteiger partial charge on any atom is 0.356 e. The van der Waals surface area contributed by atoms with Crippen LogP contribution in [0.2, 0.25) is 0 Å². The zero-order chi connectivity index (χ0) is 16.3. The van der Waals surface area contributed by atoms with Crippen LogP contribution in [0.5, 0.6) is 0 Å². The van der Waals surface area contributed by atoms with Gasteiger partial charge in [-0.15, -0.1) is 0 Å². The zero-order valence-electron chi connectivity index (χ0n) is 13.0. The molecule has 0 saturated carbocycles. The maximum absolute atomic E-state index is 10.8. The van der Waals surface area contributed by atoms with Crippen molar-refractivity contribution in [1.82, 2.24) is 9.97 Å². The van der Waals surface area contributed by atoms with Gasteiger partial charge < -0.3 is 15.2 Å². The van der Waals surface area contributed by atoms with E-state index in [9.17, 15) is 4.79 Å². The third-order valence-corrected chi connectivity index (χ3v) is 4.26. The first kappa shape index (κ1) is 15.4. The molecule has 3 rings (SSSR count). The van der Waals surface area contributed by atoms with E-state index < -0.39 is 11.6 Å². The molecule has 120 valence electrons. The fourth-order valence-electron chi connectivity index (χ4n) is 2.94. The molecule has 2 aromatic rings.